The van der Waals surface area contributed by atoms with Gasteiger partial charge in [-0.25, -0.2) is 0 Å². The molecule has 0 amide bonds. The molecule has 1 aromatic carbocycles. The molecule has 2 nitrogen and oxygen atoms in total. The summed E-state index contributed by atoms with van der Waals surface area (Å²) in [5, 5.41) is 0.867. The second-order valence-electron chi connectivity index (χ2n) is 6.59. The van der Waals surface area contributed by atoms with Crippen molar-refractivity contribution in [2.24, 2.45) is 0 Å². The summed E-state index contributed by atoms with van der Waals surface area (Å²) < 4.78 is 5.50. The van der Waals surface area contributed by atoms with E-state index in [4.69, 9.17) is 4.74 Å². The third kappa shape index (κ3) is 4.70. The molecule has 0 radical (unpaired) electrons. The third-order valence-corrected chi connectivity index (χ3v) is 4.34. The molecule has 21 heavy (non-hydrogen) atoms. The number of fused-ring (bicyclic) bond motifs is 1. The van der Waals surface area contributed by atoms with Gasteiger partial charge in [0.25, 0.3) is 0 Å². The summed E-state index contributed by atoms with van der Waals surface area (Å²) in [5.41, 5.74) is 3.55. The van der Waals surface area contributed by atoms with E-state index in [1.165, 1.54) is 16.7 Å². The van der Waals surface area contributed by atoms with Crippen molar-refractivity contribution in [3.05, 3.63) is 47.0 Å². The molecule has 0 aliphatic heterocycles. The molecule has 0 aromatic heterocycles. The highest BCUT2D eigenvalue weighted by molar-refractivity contribution is 9.09. The maximum absolute atomic E-state index is 12.2. The lowest BCUT2D eigenvalue weighted by Gasteiger charge is -2.23. The molecule has 1 aromatic rings. The molecule has 1 unspecified atom stereocenters. The van der Waals surface area contributed by atoms with Gasteiger partial charge in [0.15, 0.2) is 0 Å². The number of alkyl halides is 1. The molecule has 3 heteroatoms. The van der Waals surface area contributed by atoms with Gasteiger partial charge in [-0.05, 0) is 50.7 Å². The molecule has 1 aliphatic rings. The van der Waals surface area contributed by atoms with E-state index < -0.39 is 5.60 Å². The zero-order valence-electron chi connectivity index (χ0n) is 13.0. The van der Waals surface area contributed by atoms with Crippen LogP contribution in [0.1, 0.15) is 50.7 Å². The van der Waals surface area contributed by atoms with E-state index in [1.54, 1.807) is 0 Å². The number of ether oxygens (including phenoxy) is 1. The Morgan fingerprint density at radius 3 is 2.71 bits per heavy atom. The Kier molecular flexibility index (Phi) is 5.26. The van der Waals surface area contributed by atoms with Crippen LogP contribution in [0.2, 0.25) is 0 Å². The molecule has 2 rings (SSSR count). The fourth-order valence-electron chi connectivity index (χ4n) is 2.76. The summed E-state index contributed by atoms with van der Waals surface area (Å²) in [5.74, 6) is 0.0977. The molecular weight excluding hydrogens is 328 g/mol. The largest absolute Gasteiger partial charge is 0.460 e. The average molecular weight is 351 g/mol. The minimum absolute atomic E-state index is 0.113. The molecule has 1 atom stereocenters. The number of carbonyl (C=O) groups is 1. The number of hydrogen-bond acceptors (Lipinski definition) is 2. The summed E-state index contributed by atoms with van der Waals surface area (Å²) in [4.78, 5) is 12.2. The molecule has 0 saturated carbocycles. The van der Waals surface area contributed by atoms with Crippen LogP contribution in [0.4, 0.5) is 0 Å². The van der Waals surface area contributed by atoms with Gasteiger partial charge >= 0.3 is 5.97 Å². The van der Waals surface area contributed by atoms with Crippen LogP contribution in [0.25, 0.3) is 0 Å². The highest BCUT2D eigenvalue weighted by Gasteiger charge is 2.25. The molecule has 0 spiro atoms. The van der Waals surface area contributed by atoms with Crippen LogP contribution in [0.5, 0.6) is 0 Å². The topological polar surface area (TPSA) is 26.3 Å². The van der Waals surface area contributed by atoms with Crippen molar-refractivity contribution >= 4 is 21.9 Å². The molecule has 0 fully saturated rings. The van der Waals surface area contributed by atoms with Crippen molar-refractivity contribution in [3.8, 4) is 0 Å². The lowest BCUT2D eigenvalue weighted by Crippen LogP contribution is -2.25. The van der Waals surface area contributed by atoms with E-state index >= 15 is 0 Å². The lowest BCUT2D eigenvalue weighted by atomic mass is 9.88. The lowest BCUT2D eigenvalue weighted by molar-refractivity contribution is -0.155. The van der Waals surface area contributed by atoms with Crippen molar-refractivity contribution in [2.75, 3.05) is 5.33 Å². The predicted octanol–water partition coefficient (Wildman–Crippen LogP) is 4.77. The van der Waals surface area contributed by atoms with Crippen LogP contribution < -0.4 is 0 Å². The Hall–Kier alpha value is -1.09. The van der Waals surface area contributed by atoms with Crippen molar-refractivity contribution in [1.82, 2.24) is 0 Å². The first-order chi connectivity index (χ1) is 9.89. The Morgan fingerprint density at radius 2 is 2.05 bits per heavy atom. The first-order valence-electron chi connectivity index (χ1n) is 7.42. The van der Waals surface area contributed by atoms with Crippen LogP contribution in [0.15, 0.2) is 35.9 Å². The van der Waals surface area contributed by atoms with Gasteiger partial charge in [-0.1, -0.05) is 51.8 Å². The molecular formula is C18H23BrO2. The molecule has 0 saturated heterocycles. The molecule has 114 valence electrons. The van der Waals surface area contributed by atoms with Gasteiger partial charge in [0.05, 0.1) is 6.42 Å². The Bertz CT molecular complexity index is 540. The average Bonchev–Trinajstić information content (AvgIpc) is 2.57. The minimum atomic E-state index is -0.421. The van der Waals surface area contributed by atoms with Crippen LogP contribution in [-0.2, 0) is 16.0 Å². The van der Waals surface area contributed by atoms with Gasteiger partial charge in [-0.15, -0.1) is 0 Å². The van der Waals surface area contributed by atoms with Crippen molar-refractivity contribution in [1.29, 1.82) is 0 Å². The van der Waals surface area contributed by atoms with Gasteiger partial charge in [0.2, 0.25) is 0 Å². The molecule has 1 aliphatic carbocycles. The van der Waals surface area contributed by atoms with Gasteiger partial charge in [-0.2, -0.15) is 0 Å². The maximum Gasteiger partial charge on any atom is 0.306 e. The quantitative estimate of drug-likeness (QED) is 0.445. The number of allylic oxidation sites excluding steroid dienone is 2. The van der Waals surface area contributed by atoms with E-state index in [0.717, 1.165) is 18.2 Å². The van der Waals surface area contributed by atoms with Gasteiger partial charge in [0, 0.05) is 5.33 Å². The SMILES string of the molecule is CC(C)(C)OC(=O)CC1CC(CBr)=CCc2ccccc21. The van der Waals surface area contributed by atoms with E-state index in [-0.39, 0.29) is 11.9 Å². The van der Waals surface area contributed by atoms with Crippen LogP contribution in [0, 0.1) is 0 Å². The second-order valence-corrected chi connectivity index (χ2v) is 7.15. The number of rotatable bonds is 3. The Balaban J connectivity index is 2.20. The summed E-state index contributed by atoms with van der Waals surface area (Å²) in [7, 11) is 0. The second kappa shape index (κ2) is 6.78. The third-order valence-electron chi connectivity index (χ3n) is 3.62. The number of hydrogen-bond donors (Lipinski definition) is 0. The standard InChI is InChI=1S/C18H23BrO2/c1-18(2,3)21-17(20)11-15-10-13(12-19)8-9-14-6-4-5-7-16(14)15/h4-8,15H,9-12H2,1-3H3. The highest BCUT2D eigenvalue weighted by Crippen LogP contribution is 2.34. The summed E-state index contributed by atoms with van der Waals surface area (Å²) in [6.45, 7) is 5.74. The zero-order valence-corrected chi connectivity index (χ0v) is 14.6. The van der Waals surface area contributed by atoms with Crippen molar-refractivity contribution < 1.29 is 9.53 Å². The van der Waals surface area contributed by atoms with Crippen molar-refractivity contribution in [2.45, 2.75) is 51.6 Å². The van der Waals surface area contributed by atoms with Crippen molar-refractivity contribution in [3.63, 3.8) is 0 Å². The normalized spacial score (nSPS) is 18.5. The van der Waals surface area contributed by atoms with Gasteiger partial charge < -0.3 is 4.74 Å². The summed E-state index contributed by atoms with van der Waals surface area (Å²) in [6.07, 6.45) is 4.59. The first kappa shape index (κ1) is 16.3. The monoisotopic (exact) mass is 350 g/mol. The fraction of sp³-hybridized carbons (Fsp3) is 0.500. The Morgan fingerprint density at radius 1 is 1.33 bits per heavy atom. The Labute approximate surface area is 135 Å². The van der Waals surface area contributed by atoms with Crippen LogP contribution in [-0.4, -0.2) is 16.9 Å². The number of carbonyl (C=O) groups excluding carboxylic acids is 1. The number of halogens is 1. The van der Waals surface area contributed by atoms with E-state index in [1.807, 2.05) is 20.8 Å². The molecule has 0 heterocycles. The summed E-state index contributed by atoms with van der Waals surface area (Å²) >= 11 is 3.55. The summed E-state index contributed by atoms with van der Waals surface area (Å²) in [6, 6.07) is 8.43. The van der Waals surface area contributed by atoms with E-state index in [0.29, 0.717) is 6.42 Å². The van der Waals surface area contributed by atoms with Crippen LogP contribution >= 0.6 is 15.9 Å². The van der Waals surface area contributed by atoms with Gasteiger partial charge in [0.1, 0.15) is 5.60 Å². The number of esters is 1. The van der Waals surface area contributed by atoms with E-state index in [9.17, 15) is 4.79 Å². The van der Waals surface area contributed by atoms with Crippen LogP contribution in [0.3, 0.4) is 0 Å². The number of benzene rings is 1. The smallest absolute Gasteiger partial charge is 0.306 e. The zero-order chi connectivity index (χ0) is 15.5. The maximum atomic E-state index is 12.2. The molecule has 0 N–H and O–H groups in total. The van der Waals surface area contributed by atoms with E-state index in [2.05, 4.69) is 46.3 Å². The fourth-order valence-corrected chi connectivity index (χ4v) is 3.22. The predicted molar refractivity (Wildman–Crippen MR) is 89.8 cm³/mol. The highest BCUT2D eigenvalue weighted by atomic mass is 79.9. The minimum Gasteiger partial charge on any atom is -0.460 e. The first-order valence-corrected chi connectivity index (χ1v) is 8.54. The van der Waals surface area contributed by atoms with Gasteiger partial charge in [-0.3, -0.25) is 4.79 Å². The molecule has 0 bridgehead atoms.